The summed E-state index contributed by atoms with van der Waals surface area (Å²) in [5.74, 6) is -0.872. The highest BCUT2D eigenvalue weighted by atomic mass is 28.4. The molecule has 0 amide bonds. The molecule has 6 nitrogen and oxygen atoms in total. The lowest BCUT2D eigenvalue weighted by Gasteiger charge is -2.44. The maximum absolute atomic E-state index is 13.7. The Morgan fingerprint density at radius 1 is 1.03 bits per heavy atom. The number of benzene rings is 1. The lowest BCUT2D eigenvalue weighted by Crippen LogP contribution is -2.63. The summed E-state index contributed by atoms with van der Waals surface area (Å²) in [6, 6.07) is 9.37. The van der Waals surface area contributed by atoms with E-state index in [2.05, 4.69) is 0 Å². The van der Waals surface area contributed by atoms with E-state index in [-0.39, 0.29) is 5.57 Å². The van der Waals surface area contributed by atoms with Crippen LogP contribution in [0.25, 0.3) is 5.76 Å². The van der Waals surface area contributed by atoms with Gasteiger partial charge in [-0.15, -0.1) is 0 Å². The molecule has 2 aliphatic rings. The van der Waals surface area contributed by atoms with Crippen molar-refractivity contribution in [2.75, 3.05) is 7.11 Å². The van der Waals surface area contributed by atoms with Gasteiger partial charge >= 0.3 is 11.9 Å². The highest BCUT2D eigenvalue weighted by Gasteiger charge is 2.71. The molecule has 3 rings (SSSR count). The van der Waals surface area contributed by atoms with E-state index in [1.165, 1.54) is 7.11 Å². The second-order valence-electron chi connectivity index (χ2n) is 10.3. The normalized spacial score (nSPS) is 23.1. The second-order valence-corrected chi connectivity index (χ2v) is 14.7. The molecule has 0 aromatic heterocycles. The Labute approximate surface area is 186 Å². The van der Waals surface area contributed by atoms with E-state index in [0.717, 1.165) is 12.8 Å². The molecule has 1 saturated carbocycles. The summed E-state index contributed by atoms with van der Waals surface area (Å²) < 4.78 is 24.4. The highest BCUT2D eigenvalue weighted by Crippen LogP contribution is 2.57. The predicted octanol–water partition coefficient (Wildman–Crippen LogP) is 4.85. The molecule has 1 spiro atoms. The van der Waals surface area contributed by atoms with Gasteiger partial charge in [0.1, 0.15) is 16.9 Å². The second kappa shape index (κ2) is 8.09. The van der Waals surface area contributed by atoms with Crippen molar-refractivity contribution in [2.45, 2.75) is 82.9 Å². The highest BCUT2D eigenvalue weighted by molar-refractivity contribution is 6.70. The summed E-state index contributed by atoms with van der Waals surface area (Å²) in [5, 5.41) is 0. The van der Waals surface area contributed by atoms with Gasteiger partial charge in [0.15, 0.2) is 13.9 Å². The molecule has 0 saturated heterocycles. The molecule has 1 unspecified atom stereocenters. The minimum absolute atomic E-state index is 0.116. The first-order valence-corrected chi connectivity index (χ1v) is 14.3. The topological polar surface area (TPSA) is 71.1 Å². The third-order valence-electron chi connectivity index (χ3n) is 5.50. The van der Waals surface area contributed by atoms with Crippen molar-refractivity contribution >= 4 is 26.0 Å². The Kier molecular flexibility index (Phi) is 6.15. The first-order chi connectivity index (χ1) is 14.4. The number of esters is 2. The molecule has 1 heterocycles. The van der Waals surface area contributed by atoms with Crippen molar-refractivity contribution in [3.63, 3.8) is 0 Å². The zero-order valence-corrected chi connectivity index (χ0v) is 20.7. The third-order valence-corrected chi connectivity index (χ3v) is 6.42. The molecular weight excluding hydrogens is 412 g/mol. The summed E-state index contributed by atoms with van der Waals surface area (Å²) in [7, 11) is -1.04. The Balaban J connectivity index is 2.35. The number of methoxy groups -OCH3 is 1. The third kappa shape index (κ3) is 4.30. The van der Waals surface area contributed by atoms with Crippen LogP contribution in [0.2, 0.25) is 19.6 Å². The molecule has 31 heavy (non-hydrogen) atoms. The van der Waals surface area contributed by atoms with E-state index in [1.54, 1.807) is 20.8 Å². The van der Waals surface area contributed by atoms with Gasteiger partial charge in [-0.25, -0.2) is 9.59 Å². The molecule has 1 fully saturated rings. The minimum Gasteiger partial charge on any atom is -0.482 e. The van der Waals surface area contributed by atoms with Gasteiger partial charge in [0, 0.05) is 5.56 Å². The van der Waals surface area contributed by atoms with Crippen LogP contribution in [0.4, 0.5) is 0 Å². The molecule has 0 N–H and O–H groups in total. The van der Waals surface area contributed by atoms with E-state index >= 15 is 0 Å². The summed E-state index contributed by atoms with van der Waals surface area (Å²) in [6.45, 7) is 11.4. The van der Waals surface area contributed by atoms with E-state index in [0.29, 0.717) is 24.2 Å². The Morgan fingerprint density at radius 3 is 2.10 bits per heavy atom. The molecule has 0 radical (unpaired) electrons. The lowest BCUT2D eigenvalue weighted by molar-refractivity contribution is -0.178. The van der Waals surface area contributed by atoms with Gasteiger partial charge in [0.2, 0.25) is 5.60 Å². The Morgan fingerprint density at radius 2 is 1.61 bits per heavy atom. The van der Waals surface area contributed by atoms with Gasteiger partial charge in [0.25, 0.3) is 0 Å². The fourth-order valence-electron chi connectivity index (χ4n) is 4.54. The summed E-state index contributed by atoms with van der Waals surface area (Å²) in [4.78, 5) is 27.3. The van der Waals surface area contributed by atoms with Crippen molar-refractivity contribution in [1.29, 1.82) is 0 Å². The van der Waals surface area contributed by atoms with E-state index in [1.807, 2.05) is 50.0 Å². The van der Waals surface area contributed by atoms with Crippen LogP contribution >= 0.6 is 0 Å². The zero-order chi connectivity index (χ0) is 23.1. The van der Waals surface area contributed by atoms with Gasteiger partial charge in [-0.1, -0.05) is 30.3 Å². The van der Waals surface area contributed by atoms with E-state index in [4.69, 9.17) is 18.6 Å². The standard InChI is InChI=1S/C24H34O6Si/c1-22(2,3)29-20(25)18-19(17-13-9-8-10-14-17)28-23(15-11-12-16-23)24(18,21(26)27-4)30-31(5,6)7/h8-10,13-14H,11-12,15-16H2,1-7H3. The lowest BCUT2D eigenvalue weighted by atomic mass is 9.77. The monoisotopic (exact) mass is 446 g/mol. The SMILES string of the molecule is COC(=O)C1(O[Si](C)(C)C)C(C(=O)OC(C)(C)C)=C(c2ccccc2)OC12CCCC2. The molecule has 1 aromatic rings. The first-order valence-electron chi connectivity index (χ1n) is 10.9. The summed E-state index contributed by atoms with van der Waals surface area (Å²) >= 11 is 0. The molecule has 7 heteroatoms. The fraction of sp³-hybridized carbons (Fsp3) is 0.583. The van der Waals surface area contributed by atoms with Crippen LogP contribution in [0, 0.1) is 0 Å². The van der Waals surface area contributed by atoms with Gasteiger partial charge in [-0.2, -0.15) is 0 Å². The molecule has 1 aliphatic heterocycles. The Hall–Kier alpha value is -2.12. The van der Waals surface area contributed by atoms with Crippen LogP contribution in [-0.4, -0.2) is 44.2 Å². The minimum atomic E-state index is -2.37. The van der Waals surface area contributed by atoms with Crippen molar-refractivity contribution < 1.29 is 28.2 Å². The first kappa shape index (κ1) is 23.5. The molecular formula is C24H34O6Si. The zero-order valence-electron chi connectivity index (χ0n) is 19.7. The molecule has 170 valence electrons. The van der Waals surface area contributed by atoms with Crippen molar-refractivity contribution in [3.05, 3.63) is 41.5 Å². The molecule has 1 atom stereocenters. The van der Waals surface area contributed by atoms with Crippen molar-refractivity contribution in [2.24, 2.45) is 0 Å². The number of carbonyl (C=O) groups excluding carboxylic acids is 2. The number of ether oxygens (including phenoxy) is 3. The summed E-state index contributed by atoms with van der Waals surface area (Å²) in [5.41, 5.74) is -2.60. The van der Waals surface area contributed by atoms with Crippen LogP contribution in [0.15, 0.2) is 35.9 Å². The van der Waals surface area contributed by atoms with Gasteiger partial charge in [-0.05, 0) is 66.1 Å². The quantitative estimate of drug-likeness (QED) is 0.476. The predicted molar refractivity (Wildman–Crippen MR) is 121 cm³/mol. The maximum atomic E-state index is 13.7. The average molecular weight is 447 g/mol. The largest absolute Gasteiger partial charge is 0.482 e. The van der Waals surface area contributed by atoms with Gasteiger partial charge in [0.05, 0.1) is 7.11 Å². The number of hydrogen-bond acceptors (Lipinski definition) is 6. The number of rotatable bonds is 5. The van der Waals surface area contributed by atoms with Crippen LogP contribution < -0.4 is 0 Å². The average Bonchev–Trinajstić information content (AvgIpc) is 3.24. The van der Waals surface area contributed by atoms with Crippen LogP contribution in [0.5, 0.6) is 0 Å². The number of carbonyl (C=O) groups is 2. The van der Waals surface area contributed by atoms with Gasteiger partial charge < -0.3 is 18.6 Å². The van der Waals surface area contributed by atoms with Crippen LogP contribution in [-0.2, 0) is 28.2 Å². The van der Waals surface area contributed by atoms with E-state index < -0.39 is 37.1 Å². The molecule has 1 aromatic carbocycles. The Bertz CT molecular complexity index is 872. The van der Waals surface area contributed by atoms with Crippen molar-refractivity contribution in [3.8, 4) is 0 Å². The number of hydrogen-bond donors (Lipinski definition) is 0. The van der Waals surface area contributed by atoms with Crippen LogP contribution in [0.3, 0.4) is 0 Å². The van der Waals surface area contributed by atoms with E-state index in [9.17, 15) is 9.59 Å². The summed E-state index contributed by atoms with van der Waals surface area (Å²) in [6.07, 6.45) is 2.93. The van der Waals surface area contributed by atoms with Gasteiger partial charge in [-0.3, -0.25) is 0 Å². The van der Waals surface area contributed by atoms with Crippen LogP contribution in [0.1, 0.15) is 52.0 Å². The maximum Gasteiger partial charge on any atom is 0.346 e. The smallest absolute Gasteiger partial charge is 0.346 e. The van der Waals surface area contributed by atoms with Crippen molar-refractivity contribution in [1.82, 2.24) is 0 Å². The fourth-order valence-corrected chi connectivity index (χ4v) is 5.83. The molecule has 0 bridgehead atoms. The molecule has 1 aliphatic carbocycles.